The molecule has 0 saturated carbocycles. The fourth-order valence-corrected chi connectivity index (χ4v) is 3.61. The number of anilines is 2. The van der Waals surface area contributed by atoms with Crippen molar-refractivity contribution in [2.24, 2.45) is 0 Å². The third-order valence-corrected chi connectivity index (χ3v) is 5.27. The van der Waals surface area contributed by atoms with Crippen LogP contribution in [0.5, 0.6) is 0 Å². The molecule has 2 aromatic rings. The van der Waals surface area contributed by atoms with Gasteiger partial charge in [-0.25, -0.2) is 4.79 Å². The molecule has 2 fully saturated rings. The molecule has 4 rings (SSSR count). The fraction of sp³-hybridized carbons (Fsp3) is 0.286. The van der Waals surface area contributed by atoms with Gasteiger partial charge in [-0.1, -0.05) is 23.7 Å². The van der Waals surface area contributed by atoms with Gasteiger partial charge >= 0.3 is 6.09 Å². The van der Waals surface area contributed by atoms with E-state index < -0.39 is 12.2 Å². The van der Waals surface area contributed by atoms with Gasteiger partial charge in [-0.3, -0.25) is 14.5 Å². The Hall–Kier alpha value is -3.10. The van der Waals surface area contributed by atoms with Gasteiger partial charge in [-0.15, -0.1) is 0 Å². The van der Waals surface area contributed by atoms with Crippen molar-refractivity contribution >= 4 is 40.9 Å². The van der Waals surface area contributed by atoms with Crippen molar-refractivity contribution in [1.82, 2.24) is 5.32 Å². The molecule has 0 spiro atoms. The minimum atomic E-state index is -0.484. The van der Waals surface area contributed by atoms with Crippen molar-refractivity contribution in [2.75, 3.05) is 42.6 Å². The predicted molar refractivity (Wildman–Crippen MR) is 111 cm³/mol. The summed E-state index contributed by atoms with van der Waals surface area (Å²) < 4.78 is 10.5. The van der Waals surface area contributed by atoms with Crippen molar-refractivity contribution < 1.29 is 23.9 Å². The maximum atomic E-state index is 12.3. The van der Waals surface area contributed by atoms with Crippen molar-refractivity contribution in [3.8, 4) is 0 Å². The van der Waals surface area contributed by atoms with Crippen LogP contribution in [0, 0.1) is 0 Å². The zero-order valence-corrected chi connectivity index (χ0v) is 16.8. The lowest BCUT2D eigenvalue weighted by molar-refractivity contribution is -0.125. The summed E-state index contributed by atoms with van der Waals surface area (Å²) >= 11 is 6.03. The van der Waals surface area contributed by atoms with E-state index in [9.17, 15) is 14.4 Å². The van der Waals surface area contributed by atoms with E-state index in [1.165, 1.54) is 4.90 Å². The van der Waals surface area contributed by atoms with Gasteiger partial charge in [0.2, 0.25) is 0 Å². The summed E-state index contributed by atoms with van der Waals surface area (Å²) in [5.41, 5.74) is 1.78. The molecule has 0 unspecified atom stereocenters. The molecule has 9 heteroatoms. The van der Waals surface area contributed by atoms with Gasteiger partial charge < -0.3 is 19.7 Å². The predicted octanol–water partition coefficient (Wildman–Crippen LogP) is 2.46. The molecule has 2 saturated heterocycles. The van der Waals surface area contributed by atoms with Crippen LogP contribution in [-0.4, -0.2) is 56.9 Å². The molecule has 2 aromatic carbocycles. The molecule has 8 nitrogen and oxygen atoms in total. The van der Waals surface area contributed by atoms with Crippen LogP contribution in [0.15, 0.2) is 48.5 Å². The quantitative estimate of drug-likeness (QED) is 0.788. The van der Waals surface area contributed by atoms with Crippen molar-refractivity contribution in [1.29, 1.82) is 0 Å². The van der Waals surface area contributed by atoms with E-state index in [2.05, 4.69) is 5.32 Å². The first kappa shape index (κ1) is 20.2. The minimum Gasteiger partial charge on any atom is -0.442 e. The number of carbonyl (C=O) groups excluding carboxylic acids is 3. The summed E-state index contributed by atoms with van der Waals surface area (Å²) in [4.78, 5) is 39.7. The molecule has 1 atom stereocenters. The molecule has 0 bridgehead atoms. The monoisotopic (exact) mass is 429 g/mol. The number of morpholine rings is 1. The molecular formula is C21H20ClN3O5. The highest BCUT2D eigenvalue weighted by Crippen LogP contribution is 2.25. The Morgan fingerprint density at radius 1 is 1.07 bits per heavy atom. The van der Waals surface area contributed by atoms with Gasteiger partial charge in [0.15, 0.2) is 0 Å². The number of amides is 3. The number of carbonyl (C=O) groups is 3. The number of ether oxygens (including phenoxy) is 2. The van der Waals surface area contributed by atoms with E-state index >= 15 is 0 Å². The van der Waals surface area contributed by atoms with E-state index in [4.69, 9.17) is 21.1 Å². The second-order valence-electron chi connectivity index (χ2n) is 6.92. The van der Waals surface area contributed by atoms with Crippen LogP contribution < -0.4 is 15.1 Å². The van der Waals surface area contributed by atoms with Gasteiger partial charge in [0, 0.05) is 17.9 Å². The van der Waals surface area contributed by atoms with Crippen LogP contribution in [0.2, 0.25) is 5.02 Å². The van der Waals surface area contributed by atoms with Crippen LogP contribution in [-0.2, 0) is 14.3 Å². The van der Waals surface area contributed by atoms with E-state index in [-0.39, 0.29) is 25.0 Å². The first-order valence-electron chi connectivity index (χ1n) is 9.52. The Morgan fingerprint density at radius 3 is 2.47 bits per heavy atom. The number of benzene rings is 2. The first-order chi connectivity index (χ1) is 14.5. The lowest BCUT2D eigenvalue weighted by atomic mass is 10.2. The summed E-state index contributed by atoms with van der Waals surface area (Å²) in [7, 11) is 0. The largest absolute Gasteiger partial charge is 0.442 e. The average molecular weight is 430 g/mol. The van der Waals surface area contributed by atoms with E-state index in [1.807, 2.05) is 0 Å². The molecule has 2 heterocycles. The number of nitrogens with zero attached hydrogens (tertiary/aromatic N) is 2. The lowest BCUT2D eigenvalue weighted by Gasteiger charge is -2.27. The van der Waals surface area contributed by atoms with Gasteiger partial charge in [0.05, 0.1) is 30.3 Å². The maximum Gasteiger partial charge on any atom is 0.414 e. The van der Waals surface area contributed by atoms with Crippen molar-refractivity contribution in [3.05, 3.63) is 59.1 Å². The highest BCUT2D eigenvalue weighted by Gasteiger charge is 2.33. The highest BCUT2D eigenvalue weighted by molar-refractivity contribution is 6.33. The van der Waals surface area contributed by atoms with Crippen LogP contribution in [0.4, 0.5) is 16.2 Å². The second kappa shape index (κ2) is 8.73. The molecule has 156 valence electrons. The molecule has 2 aliphatic heterocycles. The molecule has 3 amide bonds. The normalized spacial score (nSPS) is 19.0. The third-order valence-electron chi connectivity index (χ3n) is 4.94. The number of cyclic esters (lactones) is 1. The summed E-state index contributed by atoms with van der Waals surface area (Å²) in [6, 6.07) is 13.9. The number of rotatable bonds is 5. The van der Waals surface area contributed by atoms with Crippen LogP contribution in [0.25, 0.3) is 0 Å². The van der Waals surface area contributed by atoms with Gasteiger partial charge in [-0.05, 0) is 36.4 Å². The number of halogens is 1. The molecule has 0 aromatic heterocycles. The minimum absolute atomic E-state index is 0.0712. The number of hydrogen-bond acceptors (Lipinski definition) is 5. The van der Waals surface area contributed by atoms with Gasteiger partial charge in [-0.2, -0.15) is 0 Å². The Morgan fingerprint density at radius 2 is 1.77 bits per heavy atom. The Kier molecular flexibility index (Phi) is 5.87. The number of hydrogen-bond donors (Lipinski definition) is 1. The van der Waals surface area contributed by atoms with Crippen LogP contribution >= 0.6 is 11.6 Å². The smallest absolute Gasteiger partial charge is 0.414 e. The highest BCUT2D eigenvalue weighted by atomic mass is 35.5. The SMILES string of the molecule is O=C(NC[C@H]1CN(c2ccc(N3CCOCC3=O)cc2)C(=O)O1)c1ccccc1Cl. The lowest BCUT2D eigenvalue weighted by Crippen LogP contribution is -2.41. The standard InChI is InChI=1S/C21H20ClN3O5/c22-18-4-2-1-3-17(18)20(27)23-11-16-12-25(21(28)30-16)15-7-5-14(6-8-15)24-9-10-29-13-19(24)26/h1-8,16H,9-13H2,(H,23,27)/t16-/m0/s1. The average Bonchev–Trinajstić information content (AvgIpc) is 3.13. The maximum absolute atomic E-state index is 12.3. The van der Waals surface area contributed by atoms with E-state index in [0.717, 1.165) is 5.69 Å². The third kappa shape index (κ3) is 4.24. The molecule has 1 N–H and O–H groups in total. The first-order valence-corrected chi connectivity index (χ1v) is 9.90. The fourth-order valence-electron chi connectivity index (χ4n) is 3.39. The topological polar surface area (TPSA) is 88.2 Å². The summed E-state index contributed by atoms with van der Waals surface area (Å²) in [5.74, 6) is -0.418. The Bertz CT molecular complexity index is 965. The van der Waals surface area contributed by atoms with Crippen LogP contribution in [0.3, 0.4) is 0 Å². The molecule has 0 aliphatic carbocycles. The summed E-state index contributed by atoms with van der Waals surface area (Å²) in [6.45, 7) is 1.54. The Labute approximate surface area is 178 Å². The van der Waals surface area contributed by atoms with Crippen LogP contribution in [0.1, 0.15) is 10.4 Å². The zero-order chi connectivity index (χ0) is 21.1. The number of nitrogens with one attached hydrogen (secondary N) is 1. The molecular weight excluding hydrogens is 410 g/mol. The Balaban J connectivity index is 1.36. The van der Waals surface area contributed by atoms with Gasteiger partial charge in [0.25, 0.3) is 11.8 Å². The van der Waals surface area contributed by atoms with E-state index in [0.29, 0.717) is 36.0 Å². The molecule has 30 heavy (non-hydrogen) atoms. The summed E-state index contributed by atoms with van der Waals surface area (Å²) in [6.07, 6.45) is -0.966. The zero-order valence-electron chi connectivity index (χ0n) is 16.0. The molecule has 2 aliphatic rings. The van der Waals surface area contributed by atoms with Gasteiger partial charge in [0.1, 0.15) is 12.7 Å². The van der Waals surface area contributed by atoms with Crippen molar-refractivity contribution in [2.45, 2.75) is 6.10 Å². The summed E-state index contributed by atoms with van der Waals surface area (Å²) in [5, 5.41) is 3.11. The second-order valence-corrected chi connectivity index (χ2v) is 7.33. The van der Waals surface area contributed by atoms with Crippen molar-refractivity contribution in [3.63, 3.8) is 0 Å². The van der Waals surface area contributed by atoms with E-state index in [1.54, 1.807) is 53.4 Å². The molecule has 0 radical (unpaired) electrons.